The highest BCUT2D eigenvalue weighted by atomic mass is 16.6. The topological polar surface area (TPSA) is 250 Å². The Bertz CT molecular complexity index is 1570. The lowest BCUT2D eigenvalue weighted by Gasteiger charge is -2.30. The molecule has 2 aromatic rings. The van der Waals surface area contributed by atoms with Gasteiger partial charge in [0, 0.05) is 47.7 Å². The summed E-state index contributed by atoms with van der Waals surface area (Å²) in [5.74, 6) is 0.0639. The third-order valence-corrected chi connectivity index (χ3v) is 7.01. The van der Waals surface area contributed by atoms with E-state index in [1.807, 2.05) is 14.1 Å². The minimum Gasteiger partial charge on any atom is -0.444 e. The zero-order valence-corrected chi connectivity index (χ0v) is 29.4. The van der Waals surface area contributed by atoms with Gasteiger partial charge in [0.1, 0.15) is 26.3 Å². The summed E-state index contributed by atoms with van der Waals surface area (Å²) in [6.45, 7) is 12.1. The lowest BCUT2D eigenvalue weighted by atomic mass is 10.0. The van der Waals surface area contributed by atoms with Crippen LogP contribution in [0, 0.1) is 13.8 Å². The van der Waals surface area contributed by atoms with Gasteiger partial charge in [0.05, 0.1) is 14.1 Å². The number of hydrogen-bond donors (Lipinski definition) is 8. The number of likely N-dealkylation sites (N-methyl/N-ethyl adjacent to an activating group) is 1. The fourth-order valence-electron chi connectivity index (χ4n) is 4.21. The number of alkyl carbamates (subject to hydrolysis) is 2. The van der Waals surface area contributed by atoms with E-state index in [0.29, 0.717) is 41.8 Å². The smallest absolute Gasteiger partial charge is 0.407 e. The SMILES string of the molecule is Cc1cc(=O)[nH]c(NC(=O)NCCC(C)(C)NC(=O)OCC[N+](C)(C)CCOC(=O)NCCC(C)(C)NC(=O)Nc2nc(C)cc(=O)[nH]2)n1. The zero-order valence-electron chi connectivity index (χ0n) is 29.4. The van der Waals surface area contributed by atoms with Crippen molar-refractivity contribution in [2.24, 2.45) is 0 Å². The standard InChI is InChI=1S/C30H49N11O8/c1-19-17-21(42)35-23(33-19)37-25(44)31-11-9-30(5,6)40-28(47)49-16-14-41(7,8)13-15-48-27(46)32-12-10-29(3,4)39-26(45)38-24-34-20(2)18-22(43)36-24/h17-18H,9-16H2,1-8H3,(H7-,31,32,33,34,35,36,37,38,39,40,42,43,44,45,46,47)/p+1. The van der Waals surface area contributed by atoms with Crippen LogP contribution in [0.4, 0.5) is 31.1 Å². The first kappa shape index (κ1) is 40.0. The maximum absolute atomic E-state index is 12.4. The number of ether oxygens (including phenoxy) is 2. The van der Waals surface area contributed by atoms with Crippen molar-refractivity contribution >= 4 is 36.1 Å². The van der Waals surface area contributed by atoms with Crippen LogP contribution in [-0.4, -0.2) is 113 Å². The van der Waals surface area contributed by atoms with Crippen molar-refractivity contribution in [2.45, 2.75) is 65.5 Å². The Morgan fingerprint density at radius 2 is 1.16 bits per heavy atom. The van der Waals surface area contributed by atoms with Gasteiger partial charge in [-0.2, -0.15) is 0 Å². The highest BCUT2D eigenvalue weighted by Gasteiger charge is 2.24. The third kappa shape index (κ3) is 17.0. The van der Waals surface area contributed by atoms with Gasteiger partial charge in [-0.05, 0) is 54.4 Å². The van der Waals surface area contributed by atoms with Gasteiger partial charge in [0.2, 0.25) is 11.9 Å². The van der Waals surface area contributed by atoms with E-state index >= 15 is 0 Å². The molecule has 0 aliphatic heterocycles. The molecule has 0 aliphatic carbocycles. The van der Waals surface area contributed by atoms with Crippen molar-refractivity contribution in [1.29, 1.82) is 0 Å². The van der Waals surface area contributed by atoms with E-state index in [2.05, 4.69) is 51.8 Å². The van der Waals surface area contributed by atoms with Crippen LogP contribution < -0.4 is 43.0 Å². The number of anilines is 2. The molecule has 0 radical (unpaired) electrons. The van der Waals surface area contributed by atoms with Crippen LogP contribution in [0.15, 0.2) is 21.7 Å². The van der Waals surface area contributed by atoms with Crippen LogP contribution in [0.25, 0.3) is 0 Å². The van der Waals surface area contributed by atoms with Gasteiger partial charge in [-0.1, -0.05) is 0 Å². The zero-order chi connectivity index (χ0) is 36.8. The van der Waals surface area contributed by atoms with Crippen LogP contribution >= 0.6 is 0 Å². The Morgan fingerprint density at radius 1 is 0.714 bits per heavy atom. The molecule has 49 heavy (non-hydrogen) atoms. The second kappa shape index (κ2) is 17.8. The minimum absolute atomic E-state index is 0.0303. The number of aryl methyl sites for hydroxylation is 2. The summed E-state index contributed by atoms with van der Waals surface area (Å²) in [7, 11) is 3.82. The molecule has 6 amide bonds. The second-order valence-electron chi connectivity index (χ2n) is 13.4. The maximum atomic E-state index is 12.4. The number of aromatic amines is 2. The van der Waals surface area contributed by atoms with E-state index in [1.165, 1.54) is 12.1 Å². The molecule has 0 aromatic carbocycles. The molecule has 0 saturated heterocycles. The molecule has 8 N–H and O–H groups in total. The Balaban J connectivity index is 1.60. The first-order valence-electron chi connectivity index (χ1n) is 15.7. The molecule has 2 rings (SSSR count). The Labute approximate surface area is 284 Å². The summed E-state index contributed by atoms with van der Waals surface area (Å²) in [6, 6.07) is 1.51. The number of nitrogens with one attached hydrogen (secondary N) is 8. The van der Waals surface area contributed by atoms with Gasteiger partial charge in [-0.15, -0.1) is 0 Å². The van der Waals surface area contributed by atoms with E-state index in [0.717, 1.165) is 0 Å². The van der Waals surface area contributed by atoms with E-state index in [9.17, 15) is 28.8 Å². The first-order valence-corrected chi connectivity index (χ1v) is 15.7. The van der Waals surface area contributed by atoms with Gasteiger partial charge in [0.25, 0.3) is 11.1 Å². The molecule has 2 heterocycles. The summed E-state index contributed by atoms with van der Waals surface area (Å²) in [5, 5.41) is 15.8. The molecule has 0 spiro atoms. The highest BCUT2D eigenvalue weighted by Crippen LogP contribution is 2.09. The van der Waals surface area contributed by atoms with Gasteiger partial charge < -0.3 is 35.2 Å². The number of rotatable bonds is 16. The lowest BCUT2D eigenvalue weighted by Crippen LogP contribution is -2.48. The number of urea groups is 2. The van der Waals surface area contributed by atoms with Gasteiger partial charge in [-0.25, -0.2) is 29.1 Å². The van der Waals surface area contributed by atoms with E-state index in [1.54, 1.807) is 41.5 Å². The largest absolute Gasteiger partial charge is 0.444 e. The van der Waals surface area contributed by atoms with Gasteiger partial charge in [-0.3, -0.25) is 30.2 Å². The quantitative estimate of drug-likeness (QED) is 0.117. The lowest BCUT2D eigenvalue weighted by molar-refractivity contribution is -0.890. The van der Waals surface area contributed by atoms with Crippen molar-refractivity contribution in [3.63, 3.8) is 0 Å². The van der Waals surface area contributed by atoms with E-state index in [4.69, 9.17) is 9.47 Å². The molecule has 0 bridgehead atoms. The van der Waals surface area contributed by atoms with Gasteiger partial charge >= 0.3 is 24.2 Å². The number of amides is 6. The number of quaternary nitrogens is 1. The van der Waals surface area contributed by atoms with E-state index in [-0.39, 0.29) is 49.3 Å². The predicted octanol–water partition coefficient (Wildman–Crippen LogP) is 1.28. The Kier molecular flexibility index (Phi) is 14.5. The number of hydrogen-bond acceptors (Lipinski definition) is 10. The second-order valence-corrected chi connectivity index (χ2v) is 13.4. The molecular formula is C30H50N11O8+. The van der Waals surface area contributed by atoms with Crippen molar-refractivity contribution < 1.29 is 33.1 Å². The highest BCUT2D eigenvalue weighted by molar-refractivity contribution is 5.88. The Hall–Kier alpha value is -5.20. The average molecular weight is 693 g/mol. The van der Waals surface area contributed by atoms with Crippen molar-refractivity contribution in [1.82, 2.24) is 41.2 Å². The molecule has 0 aliphatic rings. The molecular weight excluding hydrogens is 642 g/mol. The molecule has 272 valence electrons. The fraction of sp³-hybridized carbons (Fsp3) is 0.600. The fourth-order valence-corrected chi connectivity index (χ4v) is 4.21. The molecule has 0 atom stereocenters. The summed E-state index contributed by atoms with van der Waals surface area (Å²) in [4.78, 5) is 85.0. The minimum atomic E-state index is -0.696. The van der Waals surface area contributed by atoms with Crippen LogP contribution in [-0.2, 0) is 9.47 Å². The molecule has 19 heteroatoms. The number of H-pyrrole nitrogens is 2. The molecule has 0 fully saturated rings. The average Bonchev–Trinajstić information content (AvgIpc) is 2.90. The third-order valence-electron chi connectivity index (χ3n) is 7.01. The van der Waals surface area contributed by atoms with Crippen LogP contribution in [0.1, 0.15) is 51.9 Å². The number of aromatic nitrogens is 4. The Morgan fingerprint density at radius 3 is 1.67 bits per heavy atom. The predicted molar refractivity (Wildman–Crippen MR) is 181 cm³/mol. The van der Waals surface area contributed by atoms with Crippen LogP contribution in [0.5, 0.6) is 0 Å². The monoisotopic (exact) mass is 692 g/mol. The van der Waals surface area contributed by atoms with Crippen molar-refractivity contribution in [3.05, 3.63) is 44.2 Å². The molecule has 0 saturated carbocycles. The van der Waals surface area contributed by atoms with Crippen LogP contribution in [0.3, 0.4) is 0 Å². The van der Waals surface area contributed by atoms with Crippen LogP contribution in [0.2, 0.25) is 0 Å². The summed E-state index contributed by atoms with van der Waals surface area (Å²) < 4.78 is 11.0. The summed E-state index contributed by atoms with van der Waals surface area (Å²) in [6.07, 6.45) is -0.422. The molecule has 2 aromatic heterocycles. The summed E-state index contributed by atoms with van der Waals surface area (Å²) >= 11 is 0. The normalized spacial score (nSPS) is 11.6. The van der Waals surface area contributed by atoms with E-state index < -0.39 is 35.3 Å². The number of carbonyl (C=O) groups excluding carboxylic acids is 4. The first-order chi connectivity index (χ1) is 22.7. The summed E-state index contributed by atoms with van der Waals surface area (Å²) in [5.41, 5.74) is -1.22. The maximum Gasteiger partial charge on any atom is 0.407 e. The number of nitrogens with zero attached hydrogens (tertiary/aromatic N) is 3. The number of carbonyl (C=O) groups is 4. The molecule has 19 nitrogen and oxygen atoms in total. The van der Waals surface area contributed by atoms with Crippen molar-refractivity contribution in [3.8, 4) is 0 Å². The van der Waals surface area contributed by atoms with Crippen molar-refractivity contribution in [2.75, 3.05) is 64.1 Å². The molecule has 0 unspecified atom stereocenters. The van der Waals surface area contributed by atoms with Gasteiger partial charge in [0.15, 0.2) is 0 Å².